The van der Waals surface area contributed by atoms with Crippen LogP contribution < -0.4 is 20.5 Å². The first-order valence-electron chi connectivity index (χ1n) is 6.26. The van der Waals surface area contributed by atoms with Crippen LogP contribution in [0.5, 0.6) is 11.5 Å². The molecule has 0 bridgehead atoms. The SMILES string of the molecule is CCc1ccc(C(=O)Nc2cc3c(cc2N)OCO3)s1. The van der Waals surface area contributed by atoms with Gasteiger partial charge in [-0.25, -0.2) is 0 Å². The van der Waals surface area contributed by atoms with Crippen molar-refractivity contribution >= 4 is 28.6 Å². The Morgan fingerprint density at radius 3 is 2.80 bits per heavy atom. The van der Waals surface area contributed by atoms with Crippen molar-refractivity contribution in [2.24, 2.45) is 0 Å². The van der Waals surface area contributed by atoms with Gasteiger partial charge in [-0.05, 0) is 18.6 Å². The van der Waals surface area contributed by atoms with Crippen LogP contribution in [0.15, 0.2) is 24.3 Å². The molecule has 1 amide bonds. The third-order valence-corrected chi connectivity index (χ3v) is 4.26. The zero-order valence-electron chi connectivity index (χ0n) is 10.9. The summed E-state index contributed by atoms with van der Waals surface area (Å²) in [5.41, 5.74) is 6.89. The number of nitrogens with two attached hydrogens (primary N) is 1. The third kappa shape index (κ3) is 2.30. The molecule has 0 unspecified atom stereocenters. The summed E-state index contributed by atoms with van der Waals surface area (Å²) >= 11 is 1.48. The minimum Gasteiger partial charge on any atom is -0.454 e. The first-order valence-corrected chi connectivity index (χ1v) is 7.08. The summed E-state index contributed by atoms with van der Waals surface area (Å²) in [6.45, 7) is 2.24. The van der Waals surface area contributed by atoms with E-state index in [9.17, 15) is 4.79 Å². The Kier molecular flexibility index (Phi) is 3.23. The number of nitrogen functional groups attached to an aromatic ring is 1. The number of hydrogen-bond acceptors (Lipinski definition) is 5. The maximum atomic E-state index is 12.2. The highest BCUT2D eigenvalue weighted by Gasteiger charge is 2.18. The molecule has 1 aliphatic rings. The van der Waals surface area contributed by atoms with Crippen LogP contribution in [-0.2, 0) is 6.42 Å². The van der Waals surface area contributed by atoms with E-state index in [0.29, 0.717) is 27.8 Å². The number of aryl methyl sites for hydroxylation is 1. The molecular weight excluding hydrogens is 276 g/mol. The molecule has 5 nitrogen and oxygen atoms in total. The van der Waals surface area contributed by atoms with Crippen molar-refractivity contribution in [3.63, 3.8) is 0 Å². The lowest BCUT2D eigenvalue weighted by atomic mass is 10.2. The van der Waals surface area contributed by atoms with Crippen molar-refractivity contribution < 1.29 is 14.3 Å². The van der Waals surface area contributed by atoms with E-state index in [4.69, 9.17) is 15.2 Å². The van der Waals surface area contributed by atoms with Crippen molar-refractivity contribution in [2.75, 3.05) is 17.8 Å². The molecule has 0 radical (unpaired) electrons. The summed E-state index contributed by atoms with van der Waals surface area (Å²) in [7, 11) is 0. The van der Waals surface area contributed by atoms with E-state index >= 15 is 0 Å². The molecule has 0 fully saturated rings. The molecule has 3 N–H and O–H groups in total. The van der Waals surface area contributed by atoms with E-state index in [1.165, 1.54) is 16.2 Å². The molecule has 1 aromatic heterocycles. The number of fused-ring (bicyclic) bond motifs is 1. The fraction of sp³-hybridized carbons (Fsp3) is 0.214. The number of benzene rings is 1. The van der Waals surface area contributed by atoms with E-state index < -0.39 is 0 Å². The number of ether oxygens (including phenoxy) is 2. The Morgan fingerprint density at radius 1 is 1.35 bits per heavy atom. The van der Waals surface area contributed by atoms with Gasteiger partial charge in [-0.2, -0.15) is 0 Å². The van der Waals surface area contributed by atoms with E-state index in [0.717, 1.165) is 6.42 Å². The van der Waals surface area contributed by atoms with Crippen LogP contribution >= 0.6 is 11.3 Å². The highest BCUT2D eigenvalue weighted by Crippen LogP contribution is 2.38. The van der Waals surface area contributed by atoms with E-state index in [-0.39, 0.29) is 12.7 Å². The first kappa shape index (κ1) is 12.8. The average molecular weight is 290 g/mol. The molecule has 20 heavy (non-hydrogen) atoms. The maximum absolute atomic E-state index is 12.2. The molecule has 0 aliphatic carbocycles. The molecule has 1 aromatic carbocycles. The molecule has 0 saturated carbocycles. The van der Waals surface area contributed by atoms with Crippen molar-refractivity contribution in [2.45, 2.75) is 13.3 Å². The largest absolute Gasteiger partial charge is 0.454 e. The van der Waals surface area contributed by atoms with Gasteiger partial charge in [0.1, 0.15) is 0 Å². The van der Waals surface area contributed by atoms with Gasteiger partial charge >= 0.3 is 0 Å². The summed E-state index contributed by atoms with van der Waals surface area (Å²) < 4.78 is 10.5. The average Bonchev–Trinajstić information content (AvgIpc) is 3.07. The van der Waals surface area contributed by atoms with Gasteiger partial charge in [0.25, 0.3) is 5.91 Å². The lowest BCUT2D eigenvalue weighted by Gasteiger charge is -2.08. The van der Waals surface area contributed by atoms with E-state index in [1.807, 2.05) is 12.1 Å². The Bertz CT molecular complexity index is 666. The predicted octanol–water partition coefficient (Wildman–Crippen LogP) is 2.87. The number of amides is 1. The van der Waals surface area contributed by atoms with E-state index in [2.05, 4.69) is 12.2 Å². The van der Waals surface area contributed by atoms with Gasteiger partial charge in [-0.1, -0.05) is 6.92 Å². The summed E-state index contributed by atoms with van der Waals surface area (Å²) in [5, 5.41) is 2.80. The predicted molar refractivity (Wildman–Crippen MR) is 78.6 cm³/mol. The molecule has 1 aliphatic heterocycles. The Labute approximate surface area is 120 Å². The van der Waals surface area contributed by atoms with Crippen LogP contribution in [0.1, 0.15) is 21.5 Å². The monoisotopic (exact) mass is 290 g/mol. The molecule has 0 atom stereocenters. The van der Waals surface area contributed by atoms with Crippen LogP contribution in [0, 0.1) is 0 Å². The molecule has 104 valence electrons. The van der Waals surface area contributed by atoms with Gasteiger partial charge in [0, 0.05) is 17.0 Å². The molecule has 3 rings (SSSR count). The Balaban J connectivity index is 1.82. The zero-order valence-corrected chi connectivity index (χ0v) is 11.8. The molecule has 2 heterocycles. The van der Waals surface area contributed by atoms with Crippen LogP contribution in [-0.4, -0.2) is 12.7 Å². The second kappa shape index (κ2) is 5.05. The maximum Gasteiger partial charge on any atom is 0.265 e. The fourth-order valence-electron chi connectivity index (χ4n) is 1.94. The van der Waals surface area contributed by atoms with Gasteiger partial charge in [0.2, 0.25) is 6.79 Å². The summed E-state index contributed by atoms with van der Waals surface area (Å²) in [5.74, 6) is 1.03. The number of thiophene rings is 1. The normalized spacial score (nSPS) is 12.4. The Morgan fingerprint density at radius 2 is 2.10 bits per heavy atom. The molecule has 0 saturated heterocycles. The van der Waals surface area contributed by atoms with Crippen LogP contribution in [0.3, 0.4) is 0 Å². The number of hydrogen-bond donors (Lipinski definition) is 2. The smallest absolute Gasteiger partial charge is 0.265 e. The number of anilines is 2. The number of carbonyl (C=O) groups is 1. The van der Waals surface area contributed by atoms with Gasteiger partial charge in [-0.3, -0.25) is 4.79 Å². The second-order valence-corrected chi connectivity index (χ2v) is 5.53. The molecule has 2 aromatic rings. The summed E-state index contributed by atoms with van der Waals surface area (Å²) in [6, 6.07) is 7.12. The van der Waals surface area contributed by atoms with Crippen LogP contribution in [0.2, 0.25) is 0 Å². The minimum atomic E-state index is -0.166. The number of carbonyl (C=O) groups excluding carboxylic acids is 1. The lowest BCUT2D eigenvalue weighted by molar-refractivity contribution is 0.103. The highest BCUT2D eigenvalue weighted by molar-refractivity contribution is 7.14. The van der Waals surface area contributed by atoms with Gasteiger partial charge in [0.15, 0.2) is 11.5 Å². The quantitative estimate of drug-likeness (QED) is 0.852. The highest BCUT2D eigenvalue weighted by atomic mass is 32.1. The molecular formula is C14H14N2O3S. The first-order chi connectivity index (χ1) is 9.67. The second-order valence-electron chi connectivity index (χ2n) is 4.37. The zero-order chi connectivity index (χ0) is 14.1. The minimum absolute atomic E-state index is 0.166. The van der Waals surface area contributed by atoms with Gasteiger partial charge in [-0.15, -0.1) is 11.3 Å². The van der Waals surface area contributed by atoms with Gasteiger partial charge in [0.05, 0.1) is 16.3 Å². The lowest BCUT2D eigenvalue weighted by Crippen LogP contribution is -2.11. The molecule has 0 spiro atoms. The van der Waals surface area contributed by atoms with Crippen molar-refractivity contribution in [3.05, 3.63) is 34.0 Å². The van der Waals surface area contributed by atoms with E-state index in [1.54, 1.807) is 12.1 Å². The van der Waals surface area contributed by atoms with Crippen molar-refractivity contribution in [1.82, 2.24) is 0 Å². The topological polar surface area (TPSA) is 73.6 Å². The van der Waals surface area contributed by atoms with Gasteiger partial charge < -0.3 is 20.5 Å². The van der Waals surface area contributed by atoms with Crippen LogP contribution in [0.4, 0.5) is 11.4 Å². The number of nitrogens with one attached hydrogen (secondary N) is 1. The van der Waals surface area contributed by atoms with Crippen molar-refractivity contribution in [3.8, 4) is 11.5 Å². The van der Waals surface area contributed by atoms with Crippen molar-refractivity contribution in [1.29, 1.82) is 0 Å². The fourth-order valence-corrected chi connectivity index (χ4v) is 2.78. The summed E-state index contributed by atoms with van der Waals surface area (Å²) in [6.07, 6.45) is 0.921. The molecule has 6 heteroatoms. The standard InChI is InChI=1S/C14H14N2O3S/c1-2-8-3-4-13(20-8)14(17)16-10-6-12-11(5-9(10)15)18-7-19-12/h3-6H,2,7,15H2,1H3,(H,16,17). The Hall–Kier alpha value is -2.21. The number of rotatable bonds is 3. The van der Waals surface area contributed by atoms with Crippen LogP contribution in [0.25, 0.3) is 0 Å². The third-order valence-electron chi connectivity index (χ3n) is 3.03. The summed E-state index contributed by atoms with van der Waals surface area (Å²) in [4.78, 5) is 14.0.